The highest BCUT2D eigenvalue weighted by molar-refractivity contribution is 5.79. The maximum Gasteiger partial charge on any atom is 0.0531 e. The van der Waals surface area contributed by atoms with Crippen molar-refractivity contribution in [2.75, 3.05) is 0 Å². The van der Waals surface area contributed by atoms with Crippen LogP contribution in [-0.4, -0.2) is 4.98 Å². The van der Waals surface area contributed by atoms with Crippen molar-refractivity contribution in [3.63, 3.8) is 0 Å². The molecule has 3 rings (SSSR count). The highest BCUT2D eigenvalue weighted by Crippen LogP contribution is 2.40. The molecular weight excluding hydrogens is 206 g/mol. The summed E-state index contributed by atoms with van der Waals surface area (Å²) in [4.78, 5) is 4.70. The van der Waals surface area contributed by atoms with E-state index >= 15 is 0 Å². The van der Waals surface area contributed by atoms with Crippen LogP contribution in [0.25, 0.3) is 11.1 Å². The van der Waals surface area contributed by atoms with Gasteiger partial charge in [-0.1, -0.05) is 12.1 Å². The molecule has 1 aliphatic carbocycles. The Labute approximate surface area is 103 Å². The third-order valence-electron chi connectivity index (χ3n) is 3.90. The van der Waals surface area contributed by atoms with Crippen molar-refractivity contribution in [3.8, 4) is 11.1 Å². The Morgan fingerprint density at radius 1 is 1.00 bits per heavy atom. The lowest BCUT2D eigenvalue weighted by atomic mass is 9.97. The molecule has 0 unspecified atom stereocenters. The summed E-state index contributed by atoms with van der Waals surface area (Å²) in [5, 5.41) is 0. The molecule has 0 saturated carbocycles. The summed E-state index contributed by atoms with van der Waals surface area (Å²) in [6, 6.07) is 6.67. The van der Waals surface area contributed by atoms with Gasteiger partial charge in [0, 0.05) is 17.7 Å². The van der Waals surface area contributed by atoms with Crippen LogP contribution < -0.4 is 0 Å². The van der Waals surface area contributed by atoms with Gasteiger partial charge in [0.25, 0.3) is 0 Å². The maximum atomic E-state index is 4.70. The summed E-state index contributed by atoms with van der Waals surface area (Å²) < 4.78 is 0. The van der Waals surface area contributed by atoms with Gasteiger partial charge in [0.15, 0.2) is 0 Å². The summed E-state index contributed by atoms with van der Waals surface area (Å²) >= 11 is 0. The van der Waals surface area contributed by atoms with E-state index in [-0.39, 0.29) is 0 Å². The van der Waals surface area contributed by atoms with Gasteiger partial charge in [-0.05, 0) is 61.6 Å². The molecule has 0 spiro atoms. The highest BCUT2D eigenvalue weighted by Gasteiger charge is 2.23. The second-order valence-electron chi connectivity index (χ2n) is 5.11. The monoisotopic (exact) mass is 223 g/mol. The van der Waals surface area contributed by atoms with Gasteiger partial charge < -0.3 is 0 Å². The lowest BCUT2D eigenvalue weighted by molar-refractivity contribution is 1.05. The van der Waals surface area contributed by atoms with Crippen LogP contribution in [-0.2, 0) is 6.42 Å². The van der Waals surface area contributed by atoms with Crippen LogP contribution in [0.5, 0.6) is 0 Å². The normalized spacial score (nSPS) is 12.5. The Kier molecular flexibility index (Phi) is 2.12. The summed E-state index contributed by atoms with van der Waals surface area (Å²) in [6.07, 6.45) is 1.00. The van der Waals surface area contributed by atoms with Gasteiger partial charge >= 0.3 is 0 Å². The fourth-order valence-corrected chi connectivity index (χ4v) is 2.91. The lowest BCUT2D eigenvalue weighted by Gasteiger charge is -2.08. The third-order valence-corrected chi connectivity index (χ3v) is 3.90. The van der Waals surface area contributed by atoms with E-state index in [1.807, 2.05) is 0 Å². The van der Waals surface area contributed by atoms with Crippen molar-refractivity contribution >= 4 is 0 Å². The topological polar surface area (TPSA) is 12.9 Å². The Morgan fingerprint density at radius 2 is 1.76 bits per heavy atom. The molecule has 0 bridgehead atoms. The molecule has 0 amide bonds. The molecule has 0 N–H and O–H groups in total. The van der Waals surface area contributed by atoms with Crippen LogP contribution in [0.1, 0.15) is 33.6 Å². The van der Waals surface area contributed by atoms with E-state index < -0.39 is 0 Å². The first-order valence-electron chi connectivity index (χ1n) is 6.14. The molecule has 0 atom stereocenters. The summed E-state index contributed by atoms with van der Waals surface area (Å²) in [6.45, 7) is 8.68. The van der Waals surface area contributed by atoms with Gasteiger partial charge in [-0.2, -0.15) is 0 Å². The molecule has 1 nitrogen and oxygen atoms in total. The smallest absolute Gasteiger partial charge is 0.0531 e. The van der Waals surface area contributed by atoms with Crippen molar-refractivity contribution in [3.05, 3.63) is 51.8 Å². The minimum absolute atomic E-state index is 1.00. The number of rotatable bonds is 0. The first-order chi connectivity index (χ1) is 8.08. The number of fused-ring (bicyclic) bond motifs is 3. The van der Waals surface area contributed by atoms with Gasteiger partial charge in [0.2, 0.25) is 0 Å². The zero-order chi connectivity index (χ0) is 12.2. The molecule has 1 heteroatoms. The predicted molar refractivity (Wildman–Crippen MR) is 71.4 cm³/mol. The van der Waals surface area contributed by atoms with Gasteiger partial charge in [-0.25, -0.2) is 0 Å². The van der Waals surface area contributed by atoms with E-state index in [1.54, 1.807) is 0 Å². The first kappa shape index (κ1) is 10.5. The molecule has 1 aromatic carbocycles. The molecule has 0 fully saturated rings. The average molecular weight is 223 g/mol. The van der Waals surface area contributed by atoms with Crippen LogP contribution in [0.4, 0.5) is 0 Å². The molecule has 17 heavy (non-hydrogen) atoms. The van der Waals surface area contributed by atoms with E-state index in [1.165, 1.54) is 39.1 Å². The number of aryl methyl sites for hydroxylation is 3. The van der Waals surface area contributed by atoms with Crippen LogP contribution in [0, 0.1) is 27.7 Å². The van der Waals surface area contributed by atoms with Crippen molar-refractivity contribution < 1.29 is 0 Å². The first-order valence-corrected chi connectivity index (χ1v) is 6.14. The minimum atomic E-state index is 1.00. The molecule has 0 radical (unpaired) electrons. The number of hydrogen-bond acceptors (Lipinski definition) is 1. The van der Waals surface area contributed by atoms with Crippen LogP contribution in [0.2, 0.25) is 0 Å². The summed E-state index contributed by atoms with van der Waals surface area (Å²) in [5.74, 6) is 0. The zero-order valence-electron chi connectivity index (χ0n) is 10.9. The number of aromatic nitrogens is 1. The Morgan fingerprint density at radius 3 is 2.53 bits per heavy atom. The Balaban J connectivity index is 2.33. The average Bonchev–Trinajstić information content (AvgIpc) is 2.62. The van der Waals surface area contributed by atoms with E-state index in [2.05, 4.69) is 45.9 Å². The van der Waals surface area contributed by atoms with Crippen LogP contribution >= 0.6 is 0 Å². The zero-order valence-corrected chi connectivity index (χ0v) is 10.9. The molecule has 0 aliphatic heterocycles. The van der Waals surface area contributed by atoms with E-state index in [9.17, 15) is 0 Å². The quantitative estimate of drug-likeness (QED) is 0.563. The molecule has 86 valence electrons. The highest BCUT2D eigenvalue weighted by atomic mass is 14.7. The fraction of sp³-hybridized carbons (Fsp3) is 0.312. The van der Waals surface area contributed by atoms with Gasteiger partial charge in [-0.3, -0.25) is 4.98 Å². The van der Waals surface area contributed by atoms with Crippen molar-refractivity contribution in [1.82, 2.24) is 4.98 Å². The molecule has 2 aromatic rings. The van der Waals surface area contributed by atoms with Crippen LogP contribution in [0.3, 0.4) is 0 Å². The van der Waals surface area contributed by atoms with E-state index in [0.29, 0.717) is 0 Å². The van der Waals surface area contributed by atoms with Crippen molar-refractivity contribution in [2.24, 2.45) is 0 Å². The van der Waals surface area contributed by atoms with Gasteiger partial charge in [-0.15, -0.1) is 0 Å². The number of nitrogens with zero attached hydrogens (tertiary/aromatic N) is 1. The van der Waals surface area contributed by atoms with Gasteiger partial charge in [0.05, 0.1) is 5.69 Å². The molecule has 1 heterocycles. The second-order valence-corrected chi connectivity index (χ2v) is 5.11. The van der Waals surface area contributed by atoms with Crippen molar-refractivity contribution in [1.29, 1.82) is 0 Å². The molecule has 1 aromatic heterocycles. The lowest BCUT2D eigenvalue weighted by Crippen LogP contribution is -1.92. The standard InChI is InChI=1S/C16H17N/c1-9-5-6-13-14(12(9)4)8-15-16(13)10(2)7-11(3)17-15/h5-7H,8H2,1-4H3. The third kappa shape index (κ3) is 1.42. The van der Waals surface area contributed by atoms with Gasteiger partial charge in [0.1, 0.15) is 0 Å². The summed E-state index contributed by atoms with van der Waals surface area (Å²) in [7, 11) is 0. The number of pyridine rings is 1. The SMILES string of the molecule is Cc1cc(C)c2c(n1)Cc1c-2ccc(C)c1C. The largest absolute Gasteiger partial charge is 0.257 e. The Hall–Kier alpha value is -1.63. The van der Waals surface area contributed by atoms with Crippen molar-refractivity contribution in [2.45, 2.75) is 34.1 Å². The molecule has 1 aliphatic rings. The molecular formula is C16H17N. The maximum absolute atomic E-state index is 4.70. The number of hydrogen-bond donors (Lipinski definition) is 0. The van der Waals surface area contributed by atoms with E-state index in [0.717, 1.165) is 12.1 Å². The minimum Gasteiger partial charge on any atom is -0.257 e. The predicted octanol–water partition coefficient (Wildman–Crippen LogP) is 3.89. The summed E-state index contributed by atoms with van der Waals surface area (Å²) in [5.41, 5.74) is 10.8. The fourth-order valence-electron chi connectivity index (χ4n) is 2.91. The van der Waals surface area contributed by atoms with E-state index in [4.69, 9.17) is 4.98 Å². The molecule has 0 saturated heterocycles. The number of benzene rings is 1. The second kappa shape index (κ2) is 3.43. The van der Waals surface area contributed by atoms with Crippen LogP contribution in [0.15, 0.2) is 18.2 Å². The Bertz CT molecular complexity index is 624.